The number of aromatic nitrogens is 4. The van der Waals surface area contributed by atoms with Gasteiger partial charge < -0.3 is 28.4 Å². The largest absolute Gasteiger partial charge is 0.491 e. The van der Waals surface area contributed by atoms with Crippen LogP contribution in [0.3, 0.4) is 0 Å². The summed E-state index contributed by atoms with van der Waals surface area (Å²) in [4.78, 5) is 35.7. The molecule has 0 radical (unpaired) electrons. The number of aldehydes is 1. The maximum atomic E-state index is 12.7. The van der Waals surface area contributed by atoms with E-state index in [1.165, 1.54) is 54.8 Å². The summed E-state index contributed by atoms with van der Waals surface area (Å²) in [6, 6.07) is 4.59. The Labute approximate surface area is 263 Å². The van der Waals surface area contributed by atoms with Crippen LogP contribution in [0.1, 0.15) is 20.7 Å². The van der Waals surface area contributed by atoms with Gasteiger partial charge in [0.25, 0.3) is 5.88 Å². The first-order valence-electron chi connectivity index (χ1n) is 12.0. The van der Waals surface area contributed by atoms with Crippen molar-refractivity contribution in [3.63, 3.8) is 0 Å². The van der Waals surface area contributed by atoms with Gasteiger partial charge in [0.15, 0.2) is 12.0 Å². The molecule has 45 heavy (non-hydrogen) atoms. The van der Waals surface area contributed by atoms with Gasteiger partial charge in [-0.05, 0) is 34.1 Å². The third-order valence-corrected chi connectivity index (χ3v) is 5.32. The van der Waals surface area contributed by atoms with Crippen molar-refractivity contribution in [3.05, 3.63) is 87.9 Å². The molecule has 17 heteroatoms. The SMILES string of the molecule is COC(=O)c1cc(F)cnc1OC.COc1cc(F)cnc1OC.COc1ncc(F)cc1Br.COc1ncc(F)cc1C=O. The highest BCUT2D eigenvalue weighted by molar-refractivity contribution is 9.10. The maximum absolute atomic E-state index is 12.7. The average molecular weight is 703 g/mol. The summed E-state index contributed by atoms with van der Waals surface area (Å²) in [5.41, 5.74) is 0.0949. The van der Waals surface area contributed by atoms with Crippen molar-refractivity contribution in [2.45, 2.75) is 0 Å². The first-order valence-corrected chi connectivity index (χ1v) is 12.8. The minimum atomic E-state index is -0.677. The second-order valence-corrected chi connectivity index (χ2v) is 8.44. The van der Waals surface area contributed by atoms with Gasteiger partial charge in [0.1, 0.15) is 28.8 Å². The van der Waals surface area contributed by atoms with Crippen LogP contribution in [-0.2, 0) is 4.74 Å². The molecule has 12 nitrogen and oxygen atoms in total. The van der Waals surface area contributed by atoms with E-state index in [4.69, 9.17) is 18.9 Å². The minimum Gasteiger partial charge on any atom is -0.491 e. The predicted octanol–water partition coefficient (Wildman–Crippen LogP) is 5.29. The normalized spacial score (nSPS) is 9.40. The molecule has 0 amide bonds. The van der Waals surface area contributed by atoms with E-state index in [0.717, 1.165) is 36.9 Å². The molecule has 4 heterocycles. The number of nitrogens with zero attached hydrogens (tertiary/aromatic N) is 4. The van der Waals surface area contributed by atoms with Crippen LogP contribution in [0, 0.1) is 23.3 Å². The summed E-state index contributed by atoms with van der Waals surface area (Å²) in [7, 11) is 8.26. The topological polar surface area (TPSA) is 141 Å². The van der Waals surface area contributed by atoms with Crippen molar-refractivity contribution >= 4 is 28.2 Å². The number of pyridine rings is 4. The van der Waals surface area contributed by atoms with Crippen molar-refractivity contribution in [1.29, 1.82) is 0 Å². The summed E-state index contributed by atoms with van der Waals surface area (Å²) >= 11 is 3.08. The van der Waals surface area contributed by atoms with Gasteiger partial charge in [0.2, 0.25) is 17.6 Å². The summed E-state index contributed by atoms with van der Waals surface area (Å²) in [6.45, 7) is 0. The Balaban J connectivity index is 0.000000301. The monoisotopic (exact) mass is 702 g/mol. The first-order chi connectivity index (χ1) is 21.5. The Morgan fingerprint density at radius 3 is 1.53 bits per heavy atom. The van der Waals surface area contributed by atoms with E-state index in [1.807, 2.05) is 0 Å². The van der Waals surface area contributed by atoms with Gasteiger partial charge in [0.05, 0.1) is 77.5 Å². The molecule has 242 valence electrons. The molecular weight excluding hydrogens is 676 g/mol. The fourth-order valence-corrected chi connectivity index (χ4v) is 3.29. The lowest BCUT2D eigenvalue weighted by atomic mass is 10.3. The lowest BCUT2D eigenvalue weighted by molar-refractivity contribution is 0.0595. The second-order valence-electron chi connectivity index (χ2n) is 7.58. The molecule has 0 unspecified atom stereocenters. The van der Waals surface area contributed by atoms with Crippen LogP contribution in [0.5, 0.6) is 29.3 Å². The Hall–Kier alpha value is -5.06. The first kappa shape index (κ1) is 38.0. The van der Waals surface area contributed by atoms with E-state index >= 15 is 0 Å². The number of carbonyl (C=O) groups is 2. The lowest BCUT2D eigenvalue weighted by Crippen LogP contribution is -2.06. The molecule has 4 rings (SSSR count). The Kier molecular flexibility index (Phi) is 16.9. The zero-order chi connectivity index (χ0) is 33.9. The summed E-state index contributed by atoms with van der Waals surface area (Å²) in [5, 5.41) is 0. The molecule has 0 atom stereocenters. The lowest BCUT2D eigenvalue weighted by Gasteiger charge is -2.04. The standard InChI is InChI=1S/C8H8FNO3.C7H8FNO2.C7H6FNO2.C6H5BrFNO/c1-12-7-6(8(11)13-2)3-5(9)4-10-7;1-10-6-3-5(8)4-9-7(6)11-2;1-11-7-5(4-10)2-6(8)3-9-7;1-10-6-5(7)2-4(8)3-9-6/h3-4H,1-2H3;3-4H,1-2H3;2-4H,1H3;2-3H,1H3. The van der Waals surface area contributed by atoms with E-state index in [0.29, 0.717) is 22.4 Å². The number of ether oxygens (including phenoxy) is 6. The molecule has 0 aliphatic carbocycles. The van der Waals surface area contributed by atoms with Crippen molar-refractivity contribution in [3.8, 4) is 29.3 Å². The predicted molar refractivity (Wildman–Crippen MR) is 154 cm³/mol. The molecule has 0 aliphatic heterocycles. The van der Waals surface area contributed by atoms with Gasteiger partial charge in [-0.2, -0.15) is 0 Å². The smallest absolute Gasteiger partial charge is 0.343 e. The van der Waals surface area contributed by atoms with E-state index in [2.05, 4.69) is 45.3 Å². The number of hydrogen-bond acceptors (Lipinski definition) is 12. The van der Waals surface area contributed by atoms with Crippen molar-refractivity contribution in [2.75, 3.05) is 42.7 Å². The molecule has 4 aromatic rings. The van der Waals surface area contributed by atoms with Crippen molar-refractivity contribution in [1.82, 2.24) is 19.9 Å². The average Bonchev–Trinajstić information content (AvgIpc) is 3.05. The maximum Gasteiger partial charge on any atom is 0.343 e. The molecule has 4 aromatic heterocycles. The molecule has 0 aliphatic rings. The van der Waals surface area contributed by atoms with Gasteiger partial charge in [-0.1, -0.05) is 0 Å². The van der Waals surface area contributed by atoms with Crippen molar-refractivity contribution < 1.29 is 55.6 Å². The van der Waals surface area contributed by atoms with Crippen molar-refractivity contribution in [2.24, 2.45) is 0 Å². The summed E-state index contributed by atoms with van der Waals surface area (Å²) in [6.07, 6.45) is 4.62. The molecule has 0 fully saturated rings. The molecule has 0 N–H and O–H groups in total. The second kappa shape index (κ2) is 20.0. The molecule has 0 saturated carbocycles. The van der Waals surface area contributed by atoms with Crippen LogP contribution in [0.2, 0.25) is 0 Å². The molecule has 0 bridgehead atoms. The number of carbonyl (C=O) groups excluding carboxylic acids is 2. The van der Waals surface area contributed by atoms with E-state index < -0.39 is 23.4 Å². The Bertz CT molecular complexity index is 1550. The molecular formula is C28H27BrF4N4O8. The number of rotatable bonds is 7. The van der Waals surface area contributed by atoms with Gasteiger partial charge >= 0.3 is 5.97 Å². The fourth-order valence-electron chi connectivity index (χ4n) is 2.80. The zero-order valence-corrected chi connectivity index (χ0v) is 26.2. The van der Waals surface area contributed by atoms with Gasteiger partial charge in [-0.15, -0.1) is 0 Å². The third-order valence-electron chi connectivity index (χ3n) is 4.75. The van der Waals surface area contributed by atoms with Gasteiger partial charge in [-0.25, -0.2) is 42.3 Å². The molecule has 0 aromatic carbocycles. The molecule has 0 spiro atoms. The number of hydrogen-bond donors (Lipinski definition) is 0. The quantitative estimate of drug-likeness (QED) is 0.140. The van der Waals surface area contributed by atoms with E-state index in [-0.39, 0.29) is 34.6 Å². The highest BCUT2D eigenvalue weighted by atomic mass is 79.9. The van der Waals surface area contributed by atoms with E-state index in [9.17, 15) is 27.2 Å². The molecule has 0 saturated heterocycles. The summed E-state index contributed by atoms with van der Waals surface area (Å²) < 4.78 is 78.6. The number of halogens is 5. The Morgan fingerprint density at radius 1 is 0.622 bits per heavy atom. The van der Waals surface area contributed by atoms with Crippen LogP contribution in [-0.4, -0.2) is 74.9 Å². The van der Waals surface area contributed by atoms with Gasteiger partial charge in [0, 0.05) is 6.07 Å². The van der Waals surface area contributed by atoms with Gasteiger partial charge in [-0.3, -0.25) is 4.79 Å². The highest BCUT2D eigenvalue weighted by Crippen LogP contribution is 2.23. The number of methoxy groups -OCH3 is 6. The third kappa shape index (κ3) is 12.6. The van der Waals surface area contributed by atoms with Crippen LogP contribution in [0.25, 0.3) is 0 Å². The zero-order valence-electron chi connectivity index (χ0n) is 24.6. The minimum absolute atomic E-state index is 0.0231. The highest BCUT2D eigenvalue weighted by Gasteiger charge is 2.14. The van der Waals surface area contributed by atoms with Crippen LogP contribution in [0.15, 0.2) is 53.5 Å². The van der Waals surface area contributed by atoms with Crippen LogP contribution >= 0.6 is 15.9 Å². The fraction of sp³-hybridized carbons (Fsp3) is 0.214. The van der Waals surface area contributed by atoms with Crippen LogP contribution in [0.4, 0.5) is 17.6 Å². The Morgan fingerprint density at radius 2 is 1.07 bits per heavy atom. The number of esters is 1. The van der Waals surface area contributed by atoms with E-state index in [1.54, 1.807) is 0 Å². The summed E-state index contributed by atoms with van der Waals surface area (Å²) in [5.74, 6) is -1.49. The van der Waals surface area contributed by atoms with Crippen LogP contribution < -0.4 is 23.7 Å².